The smallest absolute Gasteiger partial charge is 0.409 e. The Kier molecular flexibility index (Phi) is 5.39. The Labute approximate surface area is 195 Å². The number of fused-ring (bicyclic) bond motifs is 4. The van der Waals surface area contributed by atoms with Gasteiger partial charge in [0.05, 0.1) is 12.6 Å². The maximum absolute atomic E-state index is 12.3. The molecule has 178 valence electrons. The van der Waals surface area contributed by atoms with Crippen LogP contribution in [0.15, 0.2) is 18.3 Å². The first-order valence-corrected chi connectivity index (χ1v) is 12.1. The topological polar surface area (TPSA) is 72.7 Å². The van der Waals surface area contributed by atoms with Gasteiger partial charge >= 0.3 is 6.09 Å². The van der Waals surface area contributed by atoms with E-state index < -0.39 is 5.60 Å². The van der Waals surface area contributed by atoms with Crippen molar-refractivity contribution in [3.63, 3.8) is 0 Å². The molecule has 8 nitrogen and oxygen atoms in total. The fourth-order valence-electron chi connectivity index (χ4n) is 5.80. The Morgan fingerprint density at radius 1 is 1.24 bits per heavy atom. The normalized spacial score (nSPS) is 23.5. The number of pyridine rings is 1. The van der Waals surface area contributed by atoms with Crippen molar-refractivity contribution in [2.24, 2.45) is 0 Å². The molecule has 2 saturated heterocycles. The van der Waals surface area contributed by atoms with Gasteiger partial charge in [-0.25, -0.2) is 4.79 Å². The van der Waals surface area contributed by atoms with Crippen LogP contribution in [-0.4, -0.2) is 69.5 Å². The maximum Gasteiger partial charge on any atom is 0.409 e. The van der Waals surface area contributed by atoms with Crippen LogP contribution in [0.5, 0.6) is 5.75 Å². The van der Waals surface area contributed by atoms with Crippen LogP contribution in [0.3, 0.4) is 0 Å². The molecule has 2 aromatic rings. The molecule has 1 spiro atoms. The lowest BCUT2D eigenvalue weighted by atomic mass is 9.80. The summed E-state index contributed by atoms with van der Waals surface area (Å²) in [5, 5.41) is 5.19. The molecule has 1 unspecified atom stereocenters. The zero-order valence-electron chi connectivity index (χ0n) is 20.4. The lowest BCUT2D eigenvalue weighted by molar-refractivity contribution is -0.00585. The molecule has 1 atom stereocenters. The summed E-state index contributed by atoms with van der Waals surface area (Å²) in [4.78, 5) is 21.2. The third-order valence-corrected chi connectivity index (χ3v) is 7.92. The molecule has 3 aliphatic rings. The van der Waals surface area contributed by atoms with Crippen molar-refractivity contribution < 1.29 is 14.3 Å². The third kappa shape index (κ3) is 3.59. The zero-order chi connectivity index (χ0) is 23.4. The second kappa shape index (κ2) is 8.01. The lowest BCUT2D eigenvalue weighted by Gasteiger charge is -2.44. The van der Waals surface area contributed by atoms with E-state index in [1.807, 2.05) is 19.1 Å². The monoisotopic (exact) mass is 453 g/mol. The number of likely N-dealkylation sites (tertiary alicyclic amines) is 2. The summed E-state index contributed by atoms with van der Waals surface area (Å²) in [6.45, 7) is 11.3. The van der Waals surface area contributed by atoms with Crippen molar-refractivity contribution in [3.05, 3.63) is 29.6 Å². The van der Waals surface area contributed by atoms with E-state index in [1.54, 1.807) is 11.1 Å². The average Bonchev–Trinajstić information content (AvgIpc) is 3.15. The van der Waals surface area contributed by atoms with Gasteiger partial charge in [-0.3, -0.25) is 9.67 Å². The predicted molar refractivity (Wildman–Crippen MR) is 125 cm³/mol. The number of carbonyl (C=O) groups is 1. The summed E-state index contributed by atoms with van der Waals surface area (Å²) in [6.07, 6.45) is 5.09. The molecular weight excluding hydrogens is 418 g/mol. The van der Waals surface area contributed by atoms with Crippen LogP contribution in [0.1, 0.15) is 63.8 Å². The third-order valence-electron chi connectivity index (χ3n) is 7.92. The molecule has 8 heteroatoms. The zero-order valence-corrected chi connectivity index (χ0v) is 20.4. The fraction of sp³-hybridized carbons (Fsp3) is 0.640. The Bertz CT molecular complexity index is 1050. The highest BCUT2D eigenvalue weighted by Gasteiger charge is 2.48. The SMILES string of the molecule is CCOC(=O)N1CCC2(CC1)Oc1cccnc1-c1nn(C3CCN(C)C(C)(C)C3)c(C)c12. The molecule has 3 aliphatic heterocycles. The van der Waals surface area contributed by atoms with Gasteiger partial charge in [-0.1, -0.05) is 0 Å². The molecule has 5 rings (SSSR count). The van der Waals surface area contributed by atoms with Crippen LogP contribution in [0, 0.1) is 6.92 Å². The van der Waals surface area contributed by atoms with E-state index in [9.17, 15) is 4.79 Å². The molecule has 0 radical (unpaired) electrons. The van der Waals surface area contributed by atoms with Gasteiger partial charge in [0.25, 0.3) is 0 Å². The molecular formula is C25H35N5O3. The fourth-order valence-corrected chi connectivity index (χ4v) is 5.80. The Morgan fingerprint density at radius 2 is 2.00 bits per heavy atom. The largest absolute Gasteiger partial charge is 0.480 e. The van der Waals surface area contributed by atoms with E-state index in [4.69, 9.17) is 14.6 Å². The number of hydrogen-bond acceptors (Lipinski definition) is 6. The number of aromatic nitrogens is 3. The minimum absolute atomic E-state index is 0.122. The van der Waals surface area contributed by atoms with Crippen LogP contribution in [0.4, 0.5) is 4.79 Å². The van der Waals surface area contributed by atoms with E-state index in [0.717, 1.165) is 47.8 Å². The van der Waals surface area contributed by atoms with E-state index in [1.165, 1.54) is 0 Å². The summed E-state index contributed by atoms with van der Waals surface area (Å²) < 4.78 is 14.2. The summed E-state index contributed by atoms with van der Waals surface area (Å²) >= 11 is 0. The summed E-state index contributed by atoms with van der Waals surface area (Å²) in [5.74, 6) is 0.781. The van der Waals surface area contributed by atoms with E-state index >= 15 is 0 Å². The number of nitrogens with zero attached hydrogens (tertiary/aromatic N) is 5. The maximum atomic E-state index is 12.3. The molecule has 2 fully saturated rings. The average molecular weight is 454 g/mol. The van der Waals surface area contributed by atoms with Crippen molar-refractivity contribution in [1.29, 1.82) is 0 Å². The molecule has 0 aromatic carbocycles. The summed E-state index contributed by atoms with van der Waals surface area (Å²) in [5.41, 5.74) is 3.69. The minimum Gasteiger partial charge on any atom is -0.480 e. The van der Waals surface area contributed by atoms with Crippen LogP contribution < -0.4 is 4.74 Å². The first-order chi connectivity index (χ1) is 15.8. The highest BCUT2D eigenvalue weighted by Crippen LogP contribution is 2.50. The van der Waals surface area contributed by atoms with Crippen molar-refractivity contribution in [2.45, 2.75) is 70.6 Å². The van der Waals surface area contributed by atoms with Gasteiger partial charge in [-0.2, -0.15) is 5.10 Å². The first kappa shape index (κ1) is 22.2. The van der Waals surface area contributed by atoms with Crippen molar-refractivity contribution in [3.8, 4) is 17.1 Å². The van der Waals surface area contributed by atoms with E-state index in [2.05, 4.69) is 42.4 Å². The Balaban J connectivity index is 1.54. The summed E-state index contributed by atoms with van der Waals surface area (Å²) in [6, 6.07) is 4.23. The van der Waals surface area contributed by atoms with Crippen LogP contribution in [-0.2, 0) is 10.3 Å². The predicted octanol–water partition coefficient (Wildman–Crippen LogP) is 4.14. The van der Waals surface area contributed by atoms with Gasteiger partial charge in [0.2, 0.25) is 0 Å². The number of piperidine rings is 2. The number of carbonyl (C=O) groups excluding carboxylic acids is 1. The standard InChI is InChI=1S/C25H35N5O3/c1-6-32-23(31)29-14-10-25(11-15-29)20-17(2)30(18-9-13-28(5)24(3,4)16-18)27-22(20)21-19(33-25)8-7-12-26-21/h7-8,12,18H,6,9-11,13-16H2,1-5H3. The molecule has 33 heavy (non-hydrogen) atoms. The van der Waals surface area contributed by atoms with Crippen LogP contribution >= 0.6 is 0 Å². The molecule has 2 aromatic heterocycles. The molecule has 5 heterocycles. The minimum atomic E-state index is -0.502. The lowest BCUT2D eigenvalue weighted by Crippen LogP contribution is -2.49. The Hall–Kier alpha value is -2.61. The van der Waals surface area contributed by atoms with Crippen molar-refractivity contribution in [2.75, 3.05) is 33.3 Å². The second-order valence-electron chi connectivity index (χ2n) is 10.3. The molecule has 0 aliphatic carbocycles. The summed E-state index contributed by atoms with van der Waals surface area (Å²) in [7, 11) is 2.21. The van der Waals surface area contributed by atoms with Crippen molar-refractivity contribution in [1.82, 2.24) is 24.6 Å². The number of rotatable bonds is 2. The molecule has 1 amide bonds. The molecule has 0 saturated carbocycles. The van der Waals surface area contributed by atoms with Gasteiger partial charge in [-0.05, 0) is 59.7 Å². The van der Waals surface area contributed by atoms with Gasteiger partial charge < -0.3 is 19.3 Å². The second-order valence-corrected chi connectivity index (χ2v) is 10.3. The van der Waals surface area contributed by atoms with Gasteiger partial charge in [-0.15, -0.1) is 0 Å². The Morgan fingerprint density at radius 3 is 2.70 bits per heavy atom. The van der Waals surface area contributed by atoms with Crippen LogP contribution in [0.25, 0.3) is 11.4 Å². The van der Waals surface area contributed by atoms with Crippen molar-refractivity contribution >= 4 is 6.09 Å². The number of amides is 1. The van der Waals surface area contributed by atoms with Gasteiger partial charge in [0.1, 0.15) is 22.7 Å². The molecule has 0 N–H and O–H groups in total. The van der Waals surface area contributed by atoms with Gasteiger partial charge in [0, 0.05) is 55.5 Å². The number of hydrogen-bond donors (Lipinski definition) is 0. The highest BCUT2D eigenvalue weighted by atomic mass is 16.6. The quantitative estimate of drug-likeness (QED) is 0.681. The highest BCUT2D eigenvalue weighted by molar-refractivity contribution is 5.71. The van der Waals surface area contributed by atoms with Crippen LogP contribution in [0.2, 0.25) is 0 Å². The molecule has 0 bridgehead atoms. The number of ether oxygens (including phenoxy) is 2. The first-order valence-electron chi connectivity index (χ1n) is 12.1. The van der Waals surface area contributed by atoms with E-state index in [-0.39, 0.29) is 11.6 Å². The van der Waals surface area contributed by atoms with E-state index in [0.29, 0.717) is 38.6 Å². The van der Waals surface area contributed by atoms with Gasteiger partial charge in [0.15, 0.2) is 0 Å².